The summed E-state index contributed by atoms with van der Waals surface area (Å²) in [7, 11) is 3.53. The van der Waals surface area contributed by atoms with Gasteiger partial charge in [0.2, 0.25) is 5.95 Å². The number of halogens is 3. The first kappa shape index (κ1) is 16.5. The van der Waals surface area contributed by atoms with Gasteiger partial charge in [-0.05, 0) is 18.2 Å². The summed E-state index contributed by atoms with van der Waals surface area (Å²) in [6.45, 7) is 0. The van der Waals surface area contributed by atoms with E-state index in [0.29, 0.717) is 11.6 Å². The highest BCUT2D eigenvalue weighted by molar-refractivity contribution is 5.99. The molecule has 9 heteroatoms. The summed E-state index contributed by atoms with van der Waals surface area (Å²) in [6, 6.07) is 3.67. The number of alkyl halides is 3. The molecule has 2 aromatic rings. The molecular formula is C14H14F3N5O. The van der Waals surface area contributed by atoms with Crippen molar-refractivity contribution in [3.63, 3.8) is 0 Å². The molecule has 0 saturated carbocycles. The van der Waals surface area contributed by atoms with Crippen LogP contribution in [0.3, 0.4) is 0 Å². The summed E-state index contributed by atoms with van der Waals surface area (Å²) in [5.41, 5.74) is -0.489. The molecule has 2 N–H and O–H groups in total. The van der Waals surface area contributed by atoms with Crippen molar-refractivity contribution in [3.8, 4) is 0 Å². The van der Waals surface area contributed by atoms with Crippen LogP contribution in [0.15, 0.2) is 36.7 Å². The summed E-state index contributed by atoms with van der Waals surface area (Å²) in [6.07, 6.45) is -1.67. The van der Waals surface area contributed by atoms with Crippen molar-refractivity contribution in [2.24, 2.45) is 0 Å². The molecular weight excluding hydrogens is 311 g/mol. The zero-order valence-corrected chi connectivity index (χ0v) is 12.3. The van der Waals surface area contributed by atoms with Gasteiger partial charge in [0.05, 0.1) is 23.6 Å². The van der Waals surface area contributed by atoms with Crippen LogP contribution in [0.1, 0.15) is 5.56 Å². The molecule has 0 aliphatic rings. The van der Waals surface area contributed by atoms with Crippen LogP contribution < -0.4 is 15.5 Å². The summed E-state index contributed by atoms with van der Waals surface area (Å²) >= 11 is 0. The van der Waals surface area contributed by atoms with Gasteiger partial charge in [0.25, 0.3) is 0 Å². The lowest BCUT2D eigenvalue weighted by Gasteiger charge is -2.12. The van der Waals surface area contributed by atoms with Crippen LogP contribution in [0, 0.1) is 0 Å². The fourth-order valence-corrected chi connectivity index (χ4v) is 1.68. The fraction of sp³-hybridized carbons (Fsp3) is 0.214. The number of aromatic nitrogens is 2. The molecule has 122 valence electrons. The normalized spacial score (nSPS) is 11.0. The van der Waals surface area contributed by atoms with E-state index < -0.39 is 17.8 Å². The number of amides is 2. The van der Waals surface area contributed by atoms with Crippen LogP contribution in [0.2, 0.25) is 0 Å². The van der Waals surface area contributed by atoms with Gasteiger partial charge in [-0.1, -0.05) is 6.07 Å². The second kappa shape index (κ2) is 6.51. The third-order valence-electron chi connectivity index (χ3n) is 2.74. The number of hydrogen-bond donors (Lipinski definition) is 2. The molecule has 1 aromatic carbocycles. The molecule has 0 atom stereocenters. The van der Waals surface area contributed by atoms with Crippen LogP contribution in [0.25, 0.3) is 0 Å². The molecule has 0 bridgehead atoms. The Hall–Kier alpha value is -2.84. The topological polar surface area (TPSA) is 70.2 Å². The van der Waals surface area contributed by atoms with E-state index in [-0.39, 0.29) is 5.69 Å². The quantitative estimate of drug-likeness (QED) is 0.909. The number of carbonyl (C=O) groups excluding carboxylic acids is 1. The molecule has 0 saturated heterocycles. The summed E-state index contributed by atoms with van der Waals surface area (Å²) in [5, 5.41) is 4.76. The zero-order valence-electron chi connectivity index (χ0n) is 12.3. The summed E-state index contributed by atoms with van der Waals surface area (Å²) in [5.74, 6) is 0.467. The predicted molar refractivity (Wildman–Crippen MR) is 80.4 cm³/mol. The van der Waals surface area contributed by atoms with Crippen LogP contribution in [0.5, 0.6) is 0 Å². The fourth-order valence-electron chi connectivity index (χ4n) is 1.68. The Kier molecular flexibility index (Phi) is 4.68. The highest BCUT2D eigenvalue weighted by atomic mass is 19.4. The van der Waals surface area contributed by atoms with Crippen LogP contribution in [0.4, 0.5) is 35.3 Å². The van der Waals surface area contributed by atoms with Gasteiger partial charge in [-0.25, -0.2) is 14.8 Å². The molecule has 0 aliphatic carbocycles. The van der Waals surface area contributed by atoms with Crippen molar-refractivity contribution in [1.29, 1.82) is 0 Å². The van der Waals surface area contributed by atoms with E-state index in [1.54, 1.807) is 19.0 Å². The van der Waals surface area contributed by atoms with Crippen molar-refractivity contribution in [3.05, 3.63) is 42.2 Å². The number of benzene rings is 1. The van der Waals surface area contributed by atoms with Crippen LogP contribution in [-0.2, 0) is 6.18 Å². The average Bonchev–Trinajstić information content (AvgIpc) is 2.47. The molecule has 2 rings (SSSR count). The monoisotopic (exact) mass is 325 g/mol. The van der Waals surface area contributed by atoms with Crippen molar-refractivity contribution >= 4 is 23.4 Å². The maximum atomic E-state index is 12.6. The Morgan fingerprint density at radius 1 is 1.09 bits per heavy atom. The van der Waals surface area contributed by atoms with E-state index in [9.17, 15) is 18.0 Å². The number of urea groups is 1. The van der Waals surface area contributed by atoms with Gasteiger partial charge >= 0.3 is 12.2 Å². The number of anilines is 3. The first-order valence-corrected chi connectivity index (χ1v) is 6.50. The van der Waals surface area contributed by atoms with E-state index in [4.69, 9.17) is 0 Å². The maximum absolute atomic E-state index is 12.6. The largest absolute Gasteiger partial charge is 0.416 e. The molecule has 6 nitrogen and oxygen atoms in total. The Labute approximate surface area is 130 Å². The minimum atomic E-state index is -4.47. The second-order valence-corrected chi connectivity index (χ2v) is 4.82. The first-order valence-electron chi connectivity index (χ1n) is 6.50. The van der Waals surface area contributed by atoms with E-state index >= 15 is 0 Å². The lowest BCUT2D eigenvalue weighted by molar-refractivity contribution is -0.137. The molecule has 2 amide bonds. The lowest BCUT2D eigenvalue weighted by Crippen LogP contribution is -2.20. The maximum Gasteiger partial charge on any atom is 0.416 e. The molecule has 0 aliphatic heterocycles. The predicted octanol–water partition coefficient (Wildman–Crippen LogP) is 3.21. The molecule has 1 aromatic heterocycles. The molecule has 0 fully saturated rings. The third kappa shape index (κ3) is 4.56. The summed E-state index contributed by atoms with van der Waals surface area (Å²) in [4.78, 5) is 21.5. The minimum Gasteiger partial charge on any atom is -0.347 e. The Morgan fingerprint density at radius 2 is 1.70 bits per heavy atom. The van der Waals surface area contributed by atoms with Crippen molar-refractivity contribution < 1.29 is 18.0 Å². The van der Waals surface area contributed by atoms with Gasteiger partial charge in [-0.2, -0.15) is 13.2 Å². The molecule has 0 unspecified atom stereocenters. The Bertz CT molecular complexity index is 686. The number of rotatable bonds is 3. The standard InChI is InChI=1S/C14H14F3N5O/c1-22(2)12-18-7-11(8-19-12)21-13(23)20-10-5-3-4-9(6-10)14(15,16)17/h3-8H,1-2H3,(H2,20,21,23). The van der Waals surface area contributed by atoms with Gasteiger partial charge in [-0.15, -0.1) is 0 Å². The molecule has 1 heterocycles. The Morgan fingerprint density at radius 3 is 2.26 bits per heavy atom. The first-order chi connectivity index (χ1) is 10.8. The molecule has 23 heavy (non-hydrogen) atoms. The van der Waals surface area contributed by atoms with Gasteiger partial charge < -0.3 is 15.5 Å². The van der Waals surface area contributed by atoms with Crippen LogP contribution >= 0.6 is 0 Å². The van der Waals surface area contributed by atoms with E-state index in [2.05, 4.69) is 20.6 Å². The number of nitrogens with zero attached hydrogens (tertiary/aromatic N) is 3. The van der Waals surface area contributed by atoms with Gasteiger partial charge in [0, 0.05) is 19.8 Å². The molecule has 0 radical (unpaired) electrons. The van der Waals surface area contributed by atoms with Crippen LogP contribution in [-0.4, -0.2) is 30.1 Å². The van der Waals surface area contributed by atoms with Gasteiger partial charge in [-0.3, -0.25) is 0 Å². The van der Waals surface area contributed by atoms with Crippen molar-refractivity contribution in [1.82, 2.24) is 9.97 Å². The second-order valence-electron chi connectivity index (χ2n) is 4.82. The lowest BCUT2D eigenvalue weighted by atomic mass is 10.2. The third-order valence-corrected chi connectivity index (χ3v) is 2.74. The number of hydrogen-bond acceptors (Lipinski definition) is 4. The molecule has 0 spiro atoms. The van der Waals surface area contributed by atoms with Crippen molar-refractivity contribution in [2.45, 2.75) is 6.18 Å². The van der Waals surface area contributed by atoms with E-state index in [1.165, 1.54) is 24.5 Å². The van der Waals surface area contributed by atoms with Crippen molar-refractivity contribution in [2.75, 3.05) is 29.6 Å². The Balaban J connectivity index is 2.02. The minimum absolute atomic E-state index is 0.0307. The summed E-state index contributed by atoms with van der Waals surface area (Å²) < 4.78 is 37.8. The number of nitrogens with one attached hydrogen (secondary N) is 2. The zero-order chi connectivity index (χ0) is 17.0. The van der Waals surface area contributed by atoms with Gasteiger partial charge in [0.15, 0.2) is 0 Å². The highest BCUT2D eigenvalue weighted by Crippen LogP contribution is 2.30. The SMILES string of the molecule is CN(C)c1ncc(NC(=O)Nc2cccc(C(F)(F)F)c2)cn1. The average molecular weight is 325 g/mol. The van der Waals surface area contributed by atoms with E-state index in [0.717, 1.165) is 12.1 Å². The van der Waals surface area contributed by atoms with E-state index in [1.807, 2.05) is 0 Å². The van der Waals surface area contributed by atoms with Gasteiger partial charge in [0.1, 0.15) is 0 Å². The highest BCUT2D eigenvalue weighted by Gasteiger charge is 2.30. The number of carbonyl (C=O) groups is 1. The smallest absolute Gasteiger partial charge is 0.347 e.